The van der Waals surface area contributed by atoms with Crippen LogP contribution in [0.5, 0.6) is 11.5 Å². The summed E-state index contributed by atoms with van der Waals surface area (Å²) in [7, 11) is 1.58. The van der Waals surface area contributed by atoms with E-state index in [0.29, 0.717) is 34.9 Å². The number of carbonyl (C=O) groups excluding carboxylic acids is 2. The van der Waals surface area contributed by atoms with E-state index < -0.39 is 0 Å². The van der Waals surface area contributed by atoms with Gasteiger partial charge in [-0.05, 0) is 48.9 Å². The molecular weight excluding hydrogens is 320 g/mol. The van der Waals surface area contributed by atoms with Crippen molar-refractivity contribution in [3.05, 3.63) is 48.0 Å². The van der Waals surface area contributed by atoms with Gasteiger partial charge in [-0.15, -0.1) is 0 Å². The second-order valence-corrected chi connectivity index (χ2v) is 5.49. The molecule has 0 aliphatic heterocycles. The lowest BCUT2D eigenvalue weighted by atomic mass is 10.1. The van der Waals surface area contributed by atoms with Gasteiger partial charge in [0.15, 0.2) is 12.4 Å². The summed E-state index contributed by atoms with van der Waals surface area (Å²) in [6.07, 6.45) is 1.26. The van der Waals surface area contributed by atoms with Gasteiger partial charge in [-0.1, -0.05) is 6.92 Å². The zero-order valence-corrected chi connectivity index (χ0v) is 14.4. The maximum absolute atomic E-state index is 11.9. The quantitative estimate of drug-likeness (QED) is 0.567. The molecule has 2 aromatic carbocycles. The van der Waals surface area contributed by atoms with Crippen LogP contribution in [-0.4, -0.2) is 25.4 Å². The number of ketones is 1. The Labute approximate surface area is 146 Å². The molecule has 132 valence electrons. The van der Waals surface area contributed by atoms with Gasteiger partial charge in [0.25, 0.3) is 5.91 Å². The number of methoxy groups -OCH3 is 1. The van der Waals surface area contributed by atoms with Crippen molar-refractivity contribution >= 4 is 23.1 Å². The second-order valence-electron chi connectivity index (χ2n) is 5.49. The molecule has 6 heteroatoms. The number of ether oxygens (including phenoxy) is 2. The Morgan fingerprint density at radius 3 is 2.44 bits per heavy atom. The van der Waals surface area contributed by atoms with Crippen molar-refractivity contribution in [2.45, 2.75) is 19.8 Å². The van der Waals surface area contributed by atoms with Gasteiger partial charge in [-0.2, -0.15) is 0 Å². The lowest BCUT2D eigenvalue weighted by Gasteiger charge is -2.11. The Kier molecular flexibility index (Phi) is 6.39. The Bertz CT molecular complexity index is 742. The van der Waals surface area contributed by atoms with Crippen molar-refractivity contribution in [1.82, 2.24) is 0 Å². The normalized spacial score (nSPS) is 10.2. The average Bonchev–Trinajstić information content (AvgIpc) is 2.61. The van der Waals surface area contributed by atoms with Gasteiger partial charge in [0, 0.05) is 17.7 Å². The Hall–Kier alpha value is -3.02. The minimum absolute atomic E-state index is 0.0398. The monoisotopic (exact) mass is 342 g/mol. The minimum atomic E-state index is -0.310. The Morgan fingerprint density at radius 1 is 1.12 bits per heavy atom. The highest BCUT2D eigenvalue weighted by atomic mass is 16.5. The first-order chi connectivity index (χ1) is 12.0. The zero-order chi connectivity index (χ0) is 18.2. The first-order valence-electron chi connectivity index (χ1n) is 8.03. The third-order valence-corrected chi connectivity index (χ3v) is 3.54. The van der Waals surface area contributed by atoms with E-state index in [1.54, 1.807) is 49.6 Å². The van der Waals surface area contributed by atoms with Crippen LogP contribution in [-0.2, 0) is 4.79 Å². The molecule has 0 unspecified atom stereocenters. The van der Waals surface area contributed by atoms with Crippen LogP contribution in [0.2, 0.25) is 0 Å². The lowest BCUT2D eigenvalue weighted by molar-refractivity contribution is -0.118. The number of Topliss-reactive ketones (excluding diaryl/α,β-unsaturated/α-hetero) is 1. The van der Waals surface area contributed by atoms with E-state index in [1.165, 1.54) is 0 Å². The fourth-order valence-electron chi connectivity index (χ4n) is 2.24. The first-order valence-corrected chi connectivity index (χ1v) is 8.03. The van der Waals surface area contributed by atoms with Crippen LogP contribution in [0, 0.1) is 0 Å². The topological polar surface area (TPSA) is 90.7 Å². The van der Waals surface area contributed by atoms with Gasteiger partial charge in [0.05, 0.1) is 12.8 Å². The molecule has 0 aromatic heterocycles. The molecule has 0 bridgehead atoms. The molecule has 0 aliphatic rings. The van der Waals surface area contributed by atoms with Crippen molar-refractivity contribution in [2.75, 3.05) is 24.8 Å². The SMILES string of the molecule is CCCC(=O)c1ccc(OCC(=O)Nc2ccc(OC)cc2)c(N)c1. The number of rotatable bonds is 8. The predicted octanol–water partition coefficient (Wildman–Crippen LogP) is 3.28. The smallest absolute Gasteiger partial charge is 0.262 e. The largest absolute Gasteiger partial charge is 0.497 e. The summed E-state index contributed by atoms with van der Waals surface area (Å²) in [6.45, 7) is 1.76. The summed E-state index contributed by atoms with van der Waals surface area (Å²) in [4.78, 5) is 23.8. The van der Waals surface area contributed by atoms with Gasteiger partial charge in [0.2, 0.25) is 0 Å². The lowest BCUT2D eigenvalue weighted by Crippen LogP contribution is -2.20. The van der Waals surface area contributed by atoms with Crippen LogP contribution in [0.4, 0.5) is 11.4 Å². The molecule has 1 amide bonds. The van der Waals surface area contributed by atoms with Gasteiger partial charge in [0.1, 0.15) is 11.5 Å². The van der Waals surface area contributed by atoms with Gasteiger partial charge in [-0.3, -0.25) is 9.59 Å². The van der Waals surface area contributed by atoms with E-state index >= 15 is 0 Å². The fraction of sp³-hybridized carbons (Fsp3) is 0.263. The zero-order valence-electron chi connectivity index (χ0n) is 14.4. The van der Waals surface area contributed by atoms with Crippen LogP contribution in [0.3, 0.4) is 0 Å². The van der Waals surface area contributed by atoms with Crippen LogP contribution < -0.4 is 20.5 Å². The number of nitrogens with two attached hydrogens (primary N) is 1. The number of nitrogens with one attached hydrogen (secondary N) is 1. The Morgan fingerprint density at radius 2 is 1.84 bits per heavy atom. The van der Waals surface area contributed by atoms with Crippen molar-refractivity contribution in [1.29, 1.82) is 0 Å². The molecule has 0 saturated heterocycles. The highest BCUT2D eigenvalue weighted by molar-refractivity contribution is 5.97. The van der Waals surface area contributed by atoms with Crippen molar-refractivity contribution < 1.29 is 19.1 Å². The number of nitrogen functional groups attached to an aromatic ring is 1. The minimum Gasteiger partial charge on any atom is -0.497 e. The van der Waals surface area contributed by atoms with E-state index in [2.05, 4.69) is 5.32 Å². The third kappa shape index (κ3) is 5.24. The van der Waals surface area contributed by atoms with E-state index in [9.17, 15) is 9.59 Å². The molecule has 25 heavy (non-hydrogen) atoms. The van der Waals surface area contributed by atoms with Crippen LogP contribution in [0.25, 0.3) is 0 Å². The fourth-order valence-corrected chi connectivity index (χ4v) is 2.24. The van der Waals surface area contributed by atoms with Crippen LogP contribution >= 0.6 is 0 Å². The van der Waals surface area contributed by atoms with Crippen LogP contribution in [0.15, 0.2) is 42.5 Å². The number of carbonyl (C=O) groups is 2. The van der Waals surface area contributed by atoms with Gasteiger partial charge >= 0.3 is 0 Å². The molecular formula is C19H22N2O4. The average molecular weight is 342 g/mol. The molecule has 6 nitrogen and oxygen atoms in total. The summed E-state index contributed by atoms with van der Waals surface area (Å²) in [5.41, 5.74) is 7.43. The Balaban J connectivity index is 1.91. The summed E-state index contributed by atoms with van der Waals surface area (Å²) in [6, 6.07) is 11.8. The van der Waals surface area contributed by atoms with E-state index in [-0.39, 0.29) is 18.3 Å². The number of benzene rings is 2. The highest BCUT2D eigenvalue weighted by Gasteiger charge is 2.10. The van der Waals surface area contributed by atoms with Crippen molar-refractivity contribution in [2.24, 2.45) is 0 Å². The number of hydrogen-bond acceptors (Lipinski definition) is 5. The molecule has 0 atom stereocenters. The molecule has 2 aromatic rings. The van der Waals surface area contributed by atoms with E-state index in [1.807, 2.05) is 6.92 Å². The molecule has 2 rings (SSSR count). The third-order valence-electron chi connectivity index (χ3n) is 3.54. The highest BCUT2D eigenvalue weighted by Crippen LogP contribution is 2.23. The van der Waals surface area contributed by atoms with Crippen molar-refractivity contribution in [3.63, 3.8) is 0 Å². The summed E-state index contributed by atoms with van der Waals surface area (Å²) in [5.74, 6) is 0.811. The molecule has 0 saturated carbocycles. The molecule has 0 radical (unpaired) electrons. The van der Waals surface area contributed by atoms with Gasteiger partial charge in [-0.25, -0.2) is 0 Å². The molecule has 0 spiro atoms. The molecule has 3 N–H and O–H groups in total. The van der Waals surface area contributed by atoms with Crippen molar-refractivity contribution in [3.8, 4) is 11.5 Å². The van der Waals surface area contributed by atoms with E-state index in [0.717, 1.165) is 6.42 Å². The standard InChI is InChI=1S/C19H22N2O4/c1-3-4-17(22)13-5-10-18(16(20)11-13)25-12-19(23)21-14-6-8-15(24-2)9-7-14/h5-11H,3-4,12,20H2,1-2H3,(H,21,23). The van der Waals surface area contributed by atoms with Crippen LogP contribution in [0.1, 0.15) is 30.1 Å². The molecule has 0 fully saturated rings. The maximum Gasteiger partial charge on any atom is 0.262 e. The van der Waals surface area contributed by atoms with E-state index in [4.69, 9.17) is 15.2 Å². The molecule has 0 heterocycles. The number of amides is 1. The predicted molar refractivity (Wildman–Crippen MR) is 97.2 cm³/mol. The number of anilines is 2. The molecule has 0 aliphatic carbocycles. The summed E-state index contributed by atoms with van der Waals surface area (Å²) in [5, 5.41) is 2.71. The first kappa shape index (κ1) is 18.3. The number of hydrogen-bond donors (Lipinski definition) is 2. The maximum atomic E-state index is 11.9. The second kappa shape index (κ2) is 8.73. The summed E-state index contributed by atoms with van der Waals surface area (Å²) >= 11 is 0. The van der Waals surface area contributed by atoms with Gasteiger partial charge < -0.3 is 20.5 Å². The summed E-state index contributed by atoms with van der Waals surface area (Å²) < 4.78 is 10.5.